The fourth-order valence-electron chi connectivity index (χ4n) is 4.32. The lowest BCUT2D eigenvalue weighted by Crippen LogP contribution is -2.46. The number of phenolic OH excluding ortho intramolecular Hbond substituents is 1. The van der Waals surface area contributed by atoms with E-state index in [2.05, 4.69) is 36.5 Å². The van der Waals surface area contributed by atoms with Crippen LogP contribution in [0, 0.1) is 0 Å². The van der Waals surface area contributed by atoms with E-state index in [1.165, 1.54) is 12.7 Å². The largest absolute Gasteiger partial charge is 0.504 e. The highest BCUT2D eigenvalue weighted by Gasteiger charge is 2.35. The number of allylic oxidation sites excluding steroid dienone is 1. The van der Waals surface area contributed by atoms with E-state index < -0.39 is 6.04 Å². The Morgan fingerprint density at radius 3 is 2.57 bits per heavy atom. The number of nitrogens with zero attached hydrogens (tertiary/aromatic N) is 3. The van der Waals surface area contributed by atoms with Crippen molar-refractivity contribution < 1.29 is 19.2 Å². The molecule has 4 rings (SSSR count). The maximum atomic E-state index is 13.1. The molecule has 2 amide bonds. The number of rotatable bonds is 9. The lowest BCUT2D eigenvalue weighted by atomic mass is 9.94. The molecule has 3 aromatic rings. The Labute approximate surface area is 205 Å². The maximum absolute atomic E-state index is 13.1. The van der Waals surface area contributed by atoms with Gasteiger partial charge >= 0.3 is 6.03 Å². The molecule has 0 fully saturated rings. The van der Waals surface area contributed by atoms with Gasteiger partial charge in [0.2, 0.25) is 5.82 Å². The number of hydrogen-bond acceptors (Lipinski definition) is 6. The molecule has 35 heavy (non-hydrogen) atoms. The zero-order valence-electron chi connectivity index (χ0n) is 20.7. The van der Waals surface area contributed by atoms with Crippen LogP contribution in [0.2, 0.25) is 0 Å². The zero-order chi connectivity index (χ0) is 24.9. The van der Waals surface area contributed by atoms with E-state index in [1.807, 2.05) is 25.1 Å². The predicted octanol–water partition coefficient (Wildman–Crippen LogP) is 5.70. The summed E-state index contributed by atoms with van der Waals surface area (Å²) in [5, 5.41) is 17.7. The van der Waals surface area contributed by atoms with E-state index in [0.717, 1.165) is 36.9 Å². The topological polar surface area (TPSA) is 101 Å². The summed E-state index contributed by atoms with van der Waals surface area (Å²) in [6.45, 7) is 6.73. The van der Waals surface area contributed by atoms with Gasteiger partial charge in [-0.1, -0.05) is 62.2 Å². The third-order valence-corrected chi connectivity index (χ3v) is 6.39. The third kappa shape index (κ3) is 5.01. The van der Waals surface area contributed by atoms with Crippen molar-refractivity contribution in [3.63, 3.8) is 0 Å². The van der Waals surface area contributed by atoms with E-state index in [0.29, 0.717) is 35.1 Å². The number of carbonyl (C=O) groups is 1. The first kappa shape index (κ1) is 24.3. The van der Waals surface area contributed by atoms with Crippen molar-refractivity contribution in [1.29, 1.82) is 0 Å². The molecule has 1 aliphatic rings. The normalized spacial score (nSPS) is 15.9. The second-order valence-corrected chi connectivity index (χ2v) is 8.65. The molecule has 1 atom stereocenters. The second kappa shape index (κ2) is 10.6. The number of phenols is 1. The average molecular weight is 477 g/mol. The summed E-state index contributed by atoms with van der Waals surface area (Å²) in [5.41, 5.74) is 4.23. The standard InChI is InChI=1S/C27H32N4O4/c1-5-7-8-15-31-17(3)23(24(28-27(31)33)20-13-14-22(34-4)21(32)16-20)26-29-25(30-35-26)19-11-9-18(6-2)10-12-19/h9-14,16,24,32H,5-8,15H2,1-4H3,(H,28,33). The van der Waals surface area contributed by atoms with Crippen LogP contribution < -0.4 is 10.1 Å². The van der Waals surface area contributed by atoms with Crippen molar-refractivity contribution in [2.24, 2.45) is 0 Å². The number of urea groups is 1. The van der Waals surface area contributed by atoms with Crippen LogP contribution in [0.25, 0.3) is 17.0 Å². The van der Waals surface area contributed by atoms with Crippen molar-refractivity contribution >= 4 is 11.6 Å². The summed E-state index contributed by atoms with van der Waals surface area (Å²) >= 11 is 0. The third-order valence-electron chi connectivity index (χ3n) is 6.39. The first-order valence-corrected chi connectivity index (χ1v) is 12.1. The molecule has 1 aliphatic heterocycles. The molecule has 2 N–H and O–H groups in total. The van der Waals surface area contributed by atoms with E-state index in [4.69, 9.17) is 14.2 Å². The van der Waals surface area contributed by atoms with Crippen molar-refractivity contribution in [3.05, 3.63) is 65.2 Å². The number of aryl methyl sites for hydroxylation is 1. The van der Waals surface area contributed by atoms with Crippen LogP contribution in [0.15, 0.2) is 52.7 Å². The number of aromatic hydroxyl groups is 1. The fourth-order valence-corrected chi connectivity index (χ4v) is 4.32. The monoisotopic (exact) mass is 476 g/mol. The van der Waals surface area contributed by atoms with Crippen LogP contribution >= 0.6 is 0 Å². The van der Waals surface area contributed by atoms with Crippen molar-refractivity contribution in [3.8, 4) is 22.9 Å². The Morgan fingerprint density at radius 2 is 1.91 bits per heavy atom. The van der Waals surface area contributed by atoms with Crippen LogP contribution in [-0.2, 0) is 6.42 Å². The molecule has 0 aliphatic carbocycles. The number of amides is 2. The molecule has 0 saturated heterocycles. The molecule has 8 heteroatoms. The summed E-state index contributed by atoms with van der Waals surface area (Å²) in [6.07, 6.45) is 3.93. The highest BCUT2D eigenvalue weighted by molar-refractivity contribution is 5.87. The summed E-state index contributed by atoms with van der Waals surface area (Å²) in [4.78, 5) is 19.5. The number of methoxy groups -OCH3 is 1. The van der Waals surface area contributed by atoms with Gasteiger partial charge in [-0.15, -0.1) is 0 Å². The van der Waals surface area contributed by atoms with Crippen molar-refractivity contribution in [2.45, 2.75) is 52.5 Å². The molecule has 184 valence electrons. The number of benzene rings is 2. The van der Waals surface area contributed by atoms with Crippen LogP contribution in [0.1, 0.15) is 63.1 Å². The molecule has 8 nitrogen and oxygen atoms in total. The van der Waals surface area contributed by atoms with Gasteiger partial charge in [-0.05, 0) is 43.0 Å². The Morgan fingerprint density at radius 1 is 1.14 bits per heavy atom. The fraction of sp³-hybridized carbons (Fsp3) is 0.370. The van der Waals surface area contributed by atoms with Gasteiger partial charge in [-0.2, -0.15) is 4.98 Å². The molecule has 0 bridgehead atoms. The van der Waals surface area contributed by atoms with Crippen LogP contribution in [0.5, 0.6) is 11.5 Å². The van der Waals surface area contributed by atoms with E-state index in [-0.39, 0.29) is 11.8 Å². The minimum Gasteiger partial charge on any atom is -0.504 e. The van der Waals surface area contributed by atoms with Crippen LogP contribution in [-0.4, -0.2) is 39.8 Å². The number of aromatic nitrogens is 2. The average Bonchev–Trinajstić information content (AvgIpc) is 3.35. The van der Waals surface area contributed by atoms with Gasteiger partial charge in [0, 0.05) is 17.8 Å². The number of ether oxygens (including phenoxy) is 1. The lowest BCUT2D eigenvalue weighted by molar-refractivity contribution is 0.204. The first-order valence-electron chi connectivity index (χ1n) is 12.1. The van der Waals surface area contributed by atoms with Gasteiger partial charge in [0.25, 0.3) is 5.89 Å². The van der Waals surface area contributed by atoms with E-state index in [1.54, 1.807) is 17.0 Å². The quantitative estimate of drug-likeness (QED) is 0.384. The molecule has 2 aromatic carbocycles. The maximum Gasteiger partial charge on any atom is 0.322 e. The number of unbranched alkanes of at least 4 members (excludes halogenated alkanes) is 2. The molecule has 0 saturated carbocycles. The molecular formula is C27H32N4O4. The van der Waals surface area contributed by atoms with Crippen LogP contribution in [0.4, 0.5) is 4.79 Å². The highest BCUT2D eigenvalue weighted by atomic mass is 16.5. The lowest BCUT2D eigenvalue weighted by Gasteiger charge is -2.35. The van der Waals surface area contributed by atoms with Gasteiger partial charge in [0.15, 0.2) is 11.5 Å². The molecule has 2 heterocycles. The smallest absolute Gasteiger partial charge is 0.322 e. The Bertz CT molecular complexity index is 1220. The Kier molecular flexibility index (Phi) is 7.39. The Hall–Kier alpha value is -3.81. The molecule has 1 unspecified atom stereocenters. The van der Waals surface area contributed by atoms with Gasteiger partial charge in [-0.25, -0.2) is 4.79 Å². The van der Waals surface area contributed by atoms with Crippen LogP contribution in [0.3, 0.4) is 0 Å². The number of hydrogen-bond donors (Lipinski definition) is 2. The minimum atomic E-state index is -0.572. The minimum absolute atomic E-state index is 0.0103. The number of nitrogens with one attached hydrogen (secondary N) is 1. The van der Waals surface area contributed by atoms with Gasteiger partial charge in [-0.3, -0.25) is 4.90 Å². The van der Waals surface area contributed by atoms with E-state index in [9.17, 15) is 9.90 Å². The first-order chi connectivity index (χ1) is 17.0. The van der Waals surface area contributed by atoms with Crippen molar-refractivity contribution in [2.75, 3.05) is 13.7 Å². The molecule has 0 spiro atoms. The van der Waals surface area contributed by atoms with Gasteiger partial charge in [0.1, 0.15) is 0 Å². The molecular weight excluding hydrogens is 444 g/mol. The molecule has 1 aromatic heterocycles. The van der Waals surface area contributed by atoms with Gasteiger partial charge in [0.05, 0.1) is 18.7 Å². The van der Waals surface area contributed by atoms with E-state index >= 15 is 0 Å². The summed E-state index contributed by atoms with van der Waals surface area (Å²) < 4.78 is 10.9. The SMILES string of the molecule is CCCCCN1C(=O)NC(c2ccc(OC)c(O)c2)C(c2nc(-c3ccc(CC)cc3)no2)=C1C. The summed E-state index contributed by atoms with van der Waals surface area (Å²) in [5.74, 6) is 1.16. The predicted molar refractivity (Wildman–Crippen MR) is 134 cm³/mol. The highest BCUT2D eigenvalue weighted by Crippen LogP contribution is 2.39. The zero-order valence-corrected chi connectivity index (χ0v) is 20.7. The van der Waals surface area contributed by atoms with Crippen molar-refractivity contribution in [1.82, 2.24) is 20.4 Å². The van der Waals surface area contributed by atoms with Gasteiger partial charge < -0.3 is 19.7 Å². The summed E-state index contributed by atoms with van der Waals surface area (Å²) in [7, 11) is 1.49. The second-order valence-electron chi connectivity index (χ2n) is 8.65. The summed E-state index contributed by atoms with van der Waals surface area (Å²) in [6, 6.07) is 12.4. The Balaban J connectivity index is 1.76. The number of carbonyl (C=O) groups excluding carboxylic acids is 1. The molecule has 0 radical (unpaired) electrons.